The quantitative estimate of drug-likeness (QED) is 0.486. The van der Waals surface area contributed by atoms with Crippen LogP contribution in [-0.2, 0) is 6.54 Å². The topological polar surface area (TPSA) is 129 Å². The molecule has 1 atom stereocenters. The molecule has 0 fully saturated rings. The molecule has 0 spiro atoms. The fraction of sp³-hybridized carbons (Fsp3) is 0.118. The van der Waals surface area contributed by atoms with E-state index in [2.05, 4.69) is 15.3 Å². The Kier molecular flexibility index (Phi) is 3.58. The SMILES string of the molecule is Nc1ccc(C(O)Cn2c(-c3nonc3N)nc3ccccc32)cc1. The van der Waals surface area contributed by atoms with Gasteiger partial charge in [-0.25, -0.2) is 9.61 Å². The average molecular weight is 336 g/mol. The molecule has 0 saturated carbocycles. The summed E-state index contributed by atoms with van der Waals surface area (Å²) in [5, 5.41) is 18.1. The van der Waals surface area contributed by atoms with Gasteiger partial charge in [-0.2, -0.15) is 0 Å². The number of aliphatic hydroxyl groups excluding tert-OH is 1. The minimum absolute atomic E-state index is 0.151. The van der Waals surface area contributed by atoms with Gasteiger partial charge in [-0.15, -0.1) is 0 Å². The van der Waals surface area contributed by atoms with Crippen LogP contribution in [0.1, 0.15) is 11.7 Å². The van der Waals surface area contributed by atoms with Crippen LogP contribution in [0.5, 0.6) is 0 Å². The molecule has 4 aromatic rings. The van der Waals surface area contributed by atoms with E-state index >= 15 is 0 Å². The summed E-state index contributed by atoms with van der Waals surface area (Å²) >= 11 is 0. The number of benzene rings is 2. The second-order valence-electron chi connectivity index (χ2n) is 5.72. The lowest BCUT2D eigenvalue weighted by molar-refractivity contribution is 0.158. The normalized spacial score (nSPS) is 12.5. The van der Waals surface area contributed by atoms with Gasteiger partial charge in [0.25, 0.3) is 0 Å². The first-order valence-corrected chi connectivity index (χ1v) is 7.70. The maximum Gasteiger partial charge on any atom is 0.199 e. The van der Waals surface area contributed by atoms with Gasteiger partial charge < -0.3 is 21.1 Å². The zero-order valence-electron chi connectivity index (χ0n) is 13.2. The van der Waals surface area contributed by atoms with E-state index in [9.17, 15) is 5.11 Å². The van der Waals surface area contributed by atoms with Crippen LogP contribution in [0.25, 0.3) is 22.6 Å². The van der Waals surface area contributed by atoms with Gasteiger partial charge in [0.05, 0.1) is 23.7 Å². The van der Waals surface area contributed by atoms with E-state index in [1.807, 2.05) is 28.8 Å². The van der Waals surface area contributed by atoms with E-state index in [0.29, 0.717) is 17.2 Å². The highest BCUT2D eigenvalue weighted by molar-refractivity contribution is 5.81. The molecule has 0 saturated heterocycles. The van der Waals surface area contributed by atoms with Crippen LogP contribution in [0.15, 0.2) is 53.2 Å². The van der Waals surface area contributed by atoms with Gasteiger partial charge in [-0.3, -0.25) is 0 Å². The number of rotatable bonds is 4. The maximum absolute atomic E-state index is 10.7. The van der Waals surface area contributed by atoms with Crippen LogP contribution >= 0.6 is 0 Å². The molecular weight excluding hydrogens is 320 g/mol. The smallest absolute Gasteiger partial charge is 0.199 e. The third kappa shape index (κ3) is 2.68. The third-order valence-electron chi connectivity index (χ3n) is 4.06. The maximum atomic E-state index is 10.7. The summed E-state index contributed by atoms with van der Waals surface area (Å²) in [5.74, 6) is 0.646. The van der Waals surface area contributed by atoms with Crippen molar-refractivity contribution in [3.05, 3.63) is 54.1 Å². The zero-order valence-corrected chi connectivity index (χ0v) is 13.2. The first-order chi connectivity index (χ1) is 12.1. The van der Waals surface area contributed by atoms with Crippen LogP contribution in [-0.4, -0.2) is 25.0 Å². The number of fused-ring (bicyclic) bond motifs is 1. The van der Waals surface area contributed by atoms with Crippen LogP contribution in [0.4, 0.5) is 11.5 Å². The Hall–Kier alpha value is -3.39. The molecule has 25 heavy (non-hydrogen) atoms. The number of anilines is 2. The number of imidazole rings is 1. The molecule has 2 heterocycles. The molecule has 5 N–H and O–H groups in total. The minimum Gasteiger partial charge on any atom is -0.399 e. The average Bonchev–Trinajstić information content (AvgIpc) is 3.19. The Bertz CT molecular complexity index is 1020. The number of nitrogens with two attached hydrogens (primary N) is 2. The van der Waals surface area contributed by atoms with E-state index in [-0.39, 0.29) is 12.4 Å². The molecule has 0 aliphatic heterocycles. The number of hydrogen-bond acceptors (Lipinski definition) is 7. The fourth-order valence-electron chi connectivity index (χ4n) is 2.79. The van der Waals surface area contributed by atoms with E-state index in [0.717, 1.165) is 16.6 Å². The van der Waals surface area contributed by atoms with Crippen molar-refractivity contribution in [2.75, 3.05) is 11.5 Å². The van der Waals surface area contributed by atoms with Crippen molar-refractivity contribution in [3.8, 4) is 11.5 Å². The van der Waals surface area contributed by atoms with Crippen molar-refractivity contribution in [1.29, 1.82) is 0 Å². The zero-order chi connectivity index (χ0) is 17.4. The molecule has 0 aliphatic carbocycles. The molecule has 8 nitrogen and oxygen atoms in total. The first kappa shape index (κ1) is 15.2. The monoisotopic (exact) mass is 336 g/mol. The lowest BCUT2D eigenvalue weighted by Crippen LogP contribution is -2.10. The second kappa shape index (κ2) is 5.91. The summed E-state index contributed by atoms with van der Waals surface area (Å²) in [6.07, 6.45) is -0.752. The highest BCUT2D eigenvalue weighted by atomic mass is 16.6. The van der Waals surface area contributed by atoms with Crippen molar-refractivity contribution in [2.45, 2.75) is 12.6 Å². The van der Waals surface area contributed by atoms with Gasteiger partial charge in [0.1, 0.15) is 0 Å². The molecule has 0 radical (unpaired) electrons. The van der Waals surface area contributed by atoms with Crippen molar-refractivity contribution < 1.29 is 9.74 Å². The first-order valence-electron chi connectivity index (χ1n) is 7.70. The molecular formula is C17H16N6O2. The van der Waals surface area contributed by atoms with E-state index in [1.165, 1.54) is 0 Å². The van der Waals surface area contributed by atoms with Gasteiger partial charge in [0, 0.05) is 5.69 Å². The minimum atomic E-state index is -0.752. The summed E-state index contributed by atoms with van der Waals surface area (Å²) in [5.41, 5.74) is 14.9. The molecule has 126 valence electrons. The highest BCUT2D eigenvalue weighted by Crippen LogP contribution is 2.29. The Balaban J connectivity index is 1.80. The summed E-state index contributed by atoms with van der Waals surface area (Å²) in [6, 6.07) is 14.7. The van der Waals surface area contributed by atoms with Gasteiger partial charge in [-0.05, 0) is 40.1 Å². The van der Waals surface area contributed by atoms with Crippen LogP contribution < -0.4 is 11.5 Å². The standard InChI is InChI=1S/C17H16N6O2/c18-11-7-5-10(6-8-11)14(24)9-23-13-4-2-1-3-12(13)20-17(23)15-16(19)22-25-21-15/h1-8,14,24H,9,18H2,(H2,19,22). The van der Waals surface area contributed by atoms with Crippen molar-refractivity contribution in [1.82, 2.24) is 19.9 Å². The molecule has 0 amide bonds. The van der Waals surface area contributed by atoms with Gasteiger partial charge in [0.15, 0.2) is 17.3 Å². The number of aromatic nitrogens is 4. The lowest BCUT2D eigenvalue weighted by Gasteiger charge is -2.14. The van der Waals surface area contributed by atoms with Gasteiger partial charge >= 0.3 is 0 Å². The van der Waals surface area contributed by atoms with Gasteiger partial charge in [-0.1, -0.05) is 24.3 Å². The summed E-state index contributed by atoms with van der Waals surface area (Å²) in [6.45, 7) is 0.270. The summed E-state index contributed by atoms with van der Waals surface area (Å²) in [4.78, 5) is 4.57. The predicted molar refractivity (Wildman–Crippen MR) is 93.3 cm³/mol. The second-order valence-corrected chi connectivity index (χ2v) is 5.72. The van der Waals surface area contributed by atoms with Crippen molar-refractivity contribution >= 4 is 22.5 Å². The largest absolute Gasteiger partial charge is 0.399 e. The molecule has 2 aromatic carbocycles. The van der Waals surface area contributed by atoms with E-state index in [4.69, 9.17) is 16.1 Å². The molecule has 0 aliphatic rings. The molecule has 2 aromatic heterocycles. The lowest BCUT2D eigenvalue weighted by atomic mass is 10.1. The number of nitrogen functional groups attached to an aromatic ring is 2. The Morgan fingerprint density at radius 2 is 1.80 bits per heavy atom. The van der Waals surface area contributed by atoms with Gasteiger partial charge in [0.2, 0.25) is 0 Å². The number of aliphatic hydroxyl groups is 1. The van der Waals surface area contributed by atoms with Crippen LogP contribution in [0.3, 0.4) is 0 Å². The van der Waals surface area contributed by atoms with Crippen LogP contribution in [0, 0.1) is 0 Å². The Morgan fingerprint density at radius 1 is 1.04 bits per heavy atom. The van der Waals surface area contributed by atoms with Crippen LogP contribution in [0.2, 0.25) is 0 Å². The van der Waals surface area contributed by atoms with Crippen molar-refractivity contribution in [3.63, 3.8) is 0 Å². The number of hydrogen-bond donors (Lipinski definition) is 3. The third-order valence-corrected chi connectivity index (χ3v) is 4.06. The Morgan fingerprint density at radius 3 is 2.52 bits per heavy atom. The van der Waals surface area contributed by atoms with E-state index < -0.39 is 6.10 Å². The molecule has 8 heteroatoms. The van der Waals surface area contributed by atoms with Crippen molar-refractivity contribution in [2.24, 2.45) is 0 Å². The number of nitrogens with zero attached hydrogens (tertiary/aromatic N) is 4. The van der Waals surface area contributed by atoms with E-state index in [1.54, 1.807) is 24.3 Å². The summed E-state index contributed by atoms with van der Waals surface area (Å²) in [7, 11) is 0. The molecule has 1 unspecified atom stereocenters. The summed E-state index contributed by atoms with van der Waals surface area (Å²) < 4.78 is 6.55. The number of para-hydroxylation sites is 2. The molecule has 0 bridgehead atoms. The fourth-order valence-corrected chi connectivity index (χ4v) is 2.79. The highest BCUT2D eigenvalue weighted by Gasteiger charge is 2.21. The molecule has 4 rings (SSSR count). The predicted octanol–water partition coefficient (Wildman–Crippen LogP) is 1.98. The Labute approximate surface area is 142 Å².